The zero-order chi connectivity index (χ0) is 21.5. The van der Waals surface area contributed by atoms with Crippen LogP contribution in [0.2, 0.25) is 0 Å². The van der Waals surface area contributed by atoms with Crippen LogP contribution in [0.5, 0.6) is 17.2 Å². The minimum atomic E-state index is 0.219. The lowest BCUT2D eigenvalue weighted by molar-refractivity contribution is 0.263. The number of hydrogen-bond acceptors (Lipinski definition) is 9. The van der Waals surface area contributed by atoms with Crippen LogP contribution >= 0.6 is 0 Å². The smallest absolute Gasteiger partial charge is 0.248 e. The summed E-state index contributed by atoms with van der Waals surface area (Å²) in [6, 6.07) is 9.06. The van der Waals surface area contributed by atoms with Crippen molar-refractivity contribution in [3.05, 3.63) is 36.5 Å². The quantitative estimate of drug-likeness (QED) is 0.484. The molecule has 0 aliphatic heterocycles. The summed E-state index contributed by atoms with van der Waals surface area (Å²) in [6.07, 6.45) is 2.54. The van der Waals surface area contributed by atoms with Gasteiger partial charge in [0, 0.05) is 30.6 Å². The highest BCUT2D eigenvalue weighted by molar-refractivity contribution is 5.66. The number of methoxy groups -OCH3 is 2. The molecule has 3 N–H and O–H groups in total. The number of nitrogens with zero attached hydrogens (tertiary/aromatic N) is 5. The Hall–Kier alpha value is -3.53. The molecule has 0 fully saturated rings. The molecule has 10 nitrogen and oxygen atoms in total. The molecular weight excluding hydrogens is 386 g/mol. The molecule has 0 saturated carbocycles. The molecular formula is C20H27N7O3. The van der Waals surface area contributed by atoms with Gasteiger partial charge in [-0.3, -0.25) is 0 Å². The lowest BCUT2D eigenvalue weighted by Gasteiger charge is -2.16. The third-order valence-electron chi connectivity index (χ3n) is 4.21. The number of nitrogen functional groups attached to an aromatic ring is 1. The van der Waals surface area contributed by atoms with E-state index in [1.165, 1.54) is 4.68 Å². The Morgan fingerprint density at radius 1 is 1.13 bits per heavy atom. The second-order valence-corrected chi connectivity index (χ2v) is 6.73. The summed E-state index contributed by atoms with van der Waals surface area (Å²) in [5.41, 5.74) is 6.67. The van der Waals surface area contributed by atoms with Gasteiger partial charge in [-0.25, -0.2) is 4.98 Å². The van der Waals surface area contributed by atoms with Crippen LogP contribution < -0.4 is 25.3 Å². The van der Waals surface area contributed by atoms with E-state index in [-0.39, 0.29) is 5.95 Å². The molecule has 0 saturated heterocycles. The zero-order valence-corrected chi connectivity index (χ0v) is 17.6. The lowest BCUT2D eigenvalue weighted by Crippen LogP contribution is -2.15. The van der Waals surface area contributed by atoms with Gasteiger partial charge in [-0.2, -0.15) is 9.67 Å². The van der Waals surface area contributed by atoms with Gasteiger partial charge in [0.15, 0.2) is 17.3 Å². The average molecular weight is 413 g/mol. The fourth-order valence-electron chi connectivity index (χ4n) is 2.83. The lowest BCUT2D eigenvalue weighted by atomic mass is 10.2. The van der Waals surface area contributed by atoms with Gasteiger partial charge in [0.1, 0.15) is 0 Å². The first-order valence-corrected chi connectivity index (χ1v) is 9.46. The summed E-state index contributed by atoms with van der Waals surface area (Å²) in [7, 11) is 7.20. The predicted molar refractivity (Wildman–Crippen MR) is 115 cm³/mol. The molecule has 0 amide bonds. The van der Waals surface area contributed by atoms with Crippen molar-refractivity contribution in [1.29, 1.82) is 0 Å². The first-order chi connectivity index (χ1) is 14.5. The second-order valence-electron chi connectivity index (χ2n) is 6.73. The number of nitrogens with two attached hydrogens (primary N) is 1. The number of pyridine rings is 1. The molecule has 160 valence electrons. The first kappa shape index (κ1) is 21.2. The van der Waals surface area contributed by atoms with Crippen molar-refractivity contribution in [2.75, 3.05) is 52.5 Å². The molecule has 3 aromatic rings. The van der Waals surface area contributed by atoms with Gasteiger partial charge in [0.2, 0.25) is 17.6 Å². The maximum atomic E-state index is 6.00. The van der Waals surface area contributed by atoms with Crippen LogP contribution in [0, 0.1) is 0 Å². The number of ether oxygens (including phenoxy) is 3. The van der Waals surface area contributed by atoms with Crippen molar-refractivity contribution in [2.45, 2.75) is 6.42 Å². The maximum absolute atomic E-state index is 6.00. The van der Waals surface area contributed by atoms with Crippen molar-refractivity contribution in [3.63, 3.8) is 0 Å². The molecule has 10 heteroatoms. The summed E-state index contributed by atoms with van der Waals surface area (Å²) in [6.45, 7) is 1.46. The van der Waals surface area contributed by atoms with E-state index in [4.69, 9.17) is 19.9 Å². The molecule has 3 rings (SSSR count). The van der Waals surface area contributed by atoms with Crippen molar-refractivity contribution < 1.29 is 14.2 Å². The minimum absolute atomic E-state index is 0.219. The predicted octanol–water partition coefficient (Wildman–Crippen LogP) is 2.34. The molecule has 0 bridgehead atoms. The molecule has 0 spiro atoms. The second kappa shape index (κ2) is 9.79. The van der Waals surface area contributed by atoms with Gasteiger partial charge in [0.05, 0.1) is 20.8 Å². The zero-order valence-electron chi connectivity index (χ0n) is 17.6. The minimum Gasteiger partial charge on any atom is -0.493 e. The third kappa shape index (κ3) is 5.09. The highest BCUT2D eigenvalue weighted by Crippen LogP contribution is 2.40. The monoisotopic (exact) mass is 413 g/mol. The van der Waals surface area contributed by atoms with Gasteiger partial charge < -0.3 is 30.2 Å². The third-order valence-corrected chi connectivity index (χ3v) is 4.21. The Bertz CT molecular complexity index is 961. The van der Waals surface area contributed by atoms with E-state index in [0.717, 1.165) is 13.0 Å². The SMILES string of the molecule is COc1cc(Nc2nc(N)n(-c3ccccn3)n2)cc(OCCCN(C)C)c1OC. The number of aromatic nitrogens is 4. The van der Waals surface area contributed by atoms with Gasteiger partial charge in [-0.1, -0.05) is 6.07 Å². The molecule has 2 aromatic heterocycles. The van der Waals surface area contributed by atoms with E-state index in [9.17, 15) is 0 Å². The Kier molecular flexibility index (Phi) is 6.91. The molecule has 0 unspecified atom stereocenters. The number of nitrogens with one attached hydrogen (secondary N) is 1. The van der Waals surface area contributed by atoms with Crippen molar-refractivity contribution >= 4 is 17.6 Å². The van der Waals surface area contributed by atoms with Crippen LogP contribution in [0.15, 0.2) is 36.5 Å². The van der Waals surface area contributed by atoms with E-state index in [1.54, 1.807) is 32.5 Å². The molecule has 0 aliphatic rings. The Labute approximate surface area is 175 Å². The fourth-order valence-corrected chi connectivity index (χ4v) is 2.83. The summed E-state index contributed by atoms with van der Waals surface area (Å²) >= 11 is 0. The van der Waals surface area contributed by atoms with E-state index >= 15 is 0 Å². The van der Waals surface area contributed by atoms with Crippen LogP contribution in [0.4, 0.5) is 17.6 Å². The highest BCUT2D eigenvalue weighted by atomic mass is 16.5. The van der Waals surface area contributed by atoms with E-state index in [1.807, 2.05) is 32.3 Å². The van der Waals surface area contributed by atoms with Crippen molar-refractivity contribution in [2.24, 2.45) is 0 Å². The number of anilines is 3. The van der Waals surface area contributed by atoms with E-state index < -0.39 is 0 Å². The van der Waals surface area contributed by atoms with Crippen LogP contribution in [-0.4, -0.2) is 66.1 Å². The number of hydrogen-bond donors (Lipinski definition) is 2. The van der Waals surface area contributed by atoms with Crippen molar-refractivity contribution in [1.82, 2.24) is 24.6 Å². The Morgan fingerprint density at radius 2 is 1.93 bits per heavy atom. The van der Waals surface area contributed by atoms with E-state index in [2.05, 4.69) is 25.3 Å². The highest BCUT2D eigenvalue weighted by Gasteiger charge is 2.16. The summed E-state index contributed by atoms with van der Waals surface area (Å²) in [5, 5.41) is 7.52. The normalized spacial score (nSPS) is 10.8. The summed E-state index contributed by atoms with van der Waals surface area (Å²) < 4.78 is 18.3. The fraction of sp³-hybridized carbons (Fsp3) is 0.350. The Morgan fingerprint density at radius 3 is 2.60 bits per heavy atom. The first-order valence-electron chi connectivity index (χ1n) is 9.46. The van der Waals surface area contributed by atoms with Gasteiger partial charge in [-0.05, 0) is 32.6 Å². The van der Waals surface area contributed by atoms with Gasteiger partial charge >= 0.3 is 0 Å². The molecule has 0 radical (unpaired) electrons. The van der Waals surface area contributed by atoms with Gasteiger partial charge in [-0.15, -0.1) is 5.10 Å². The number of benzene rings is 1. The van der Waals surface area contributed by atoms with Gasteiger partial charge in [0.25, 0.3) is 0 Å². The molecule has 2 heterocycles. The molecule has 1 aromatic carbocycles. The molecule has 0 aliphatic carbocycles. The molecule has 30 heavy (non-hydrogen) atoms. The Balaban J connectivity index is 1.82. The summed E-state index contributed by atoms with van der Waals surface area (Å²) in [5.74, 6) is 2.74. The van der Waals surface area contributed by atoms with Crippen LogP contribution in [0.1, 0.15) is 6.42 Å². The van der Waals surface area contributed by atoms with E-state index in [0.29, 0.717) is 41.3 Å². The topological polar surface area (TPSA) is 113 Å². The largest absolute Gasteiger partial charge is 0.493 e. The standard InChI is InChI=1S/C20H27N7O3/c1-26(2)10-7-11-30-16-13-14(12-15(28-3)18(16)29-4)23-20-24-19(21)27(25-20)17-8-5-6-9-22-17/h5-6,8-9,12-13H,7,10-11H2,1-4H3,(H3,21,23,24,25). The molecule has 0 atom stereocenters. The average Bonchev–Trinajstić information content (AvgIpc) is 3.11. The summed E-state index contributed by atoms with van der Waals surface area (Å²) in [4.78, 5) is 10.6. The maximum Gasteiger partial charge on any atom is 0.248 e. The van der Waals surface area contributed by atoms with Crippen LogP contribution in [-0.2, 0) is 0 Å². The van der Waals surface area contributed by atoms with Crippen LogP contribution in [0.3, 0.4) is 0 Å². The van der Waals surface area contributed by atoms with Crippen molar-refractivity contribution in [3.8, 4) is 23.1 Å². The number of rotatable bonds is 10. The van der Waals surface area contributed by atoms with Crippen LogP contribution in [0.25, 0.3) is 5.82 Å².